The third-order valence-electron chi connectivity index (χ3n) is 6.30. The molecule has 0 radical (unpaired) electrons. The van der Waals surface area contributed by atoms with E-state index in [0.717, 1.165) is 11.3 Å². The smallest absolute Gasteiger partial charge is 0.407 e. The Hall–Kier alpha value is -4.85. The Morgan fingerprint density at radius 1 is 1.24 bits per heavy atom. The number of ether oxygens (including phenoxy) is 2. The van der Waals surface area contributed by atoms with Crippen LogP contribution in [0.4, 0.5) is 10.7 Å². The molecule has 0 saturated heterocycles. The van der Waals surface area contributed by atoms with Crippen LogP contribution in [0.2, 0.25) is 0 Å². The molecule has 2 N–H and O–H groups in total. The van der Waals surface area contributed by atoms with Crippen molar-refractivity contribution in [1.82, 2.24) is 24.6 Å². The fraction of sp³-hybridized carbons (Fsp3) is 0.296. The monoisotopic (exact) mass is 513 g/mol. The molecule has 38 heavy (non-hydrogen) atoms. The molecule has 1 aliphatic heterocycles. The number of hydrogen-bond acceptors (Lipinski definition) is 7. The topological polar surface area (TPSA) is 136 Å². The minimum atomic E-state index is -0.517. The van der Waals surface area contributed by atoms with Crippen LogP contribution in [0.15, 0.2) is 48.5 Å². The van der Waals surface area contributed by atoms with Gasteiger partial charge in [-0.2, -0.15) is 10.4 Å². The molecule has 0 unspecified atom stereocenters. The van der Waals surface area contributed by atoms with Gasteiger partial charge < -0.3 is 19.4 Å². The molecule has 11 nitrogen and oxygen atoms in total. The van der Waals surface area contributed by atoms with Gasteiger partial charge in [0.1, 0.15) is 30.2 Å². The van der Waals surface area contributed by atoms with Crippen LogP contribution in [0.3, 0.4) is 0 Å². The summed E-state index contributed by atoms with van der Waals surface area (Å²) >= 11 is 0. The summed E-state index contributed by atoms with van der Waals surface area (Å²) in [7, 11) is 0. The van der Waals surface area contributed by atoms with E-state index in [1.54, 1.807) is 22.9 Å². The van der Waals surface area contributed by atoms with Crippen LogP contribution in [-0.4, -0.2) is 44.5 Å². The fourth-order valence-electron chi connectivity index (χ4n) is 4.54. The number of benzene rings is 2. The first kappa shape index (κ1) is 24.8. The third kappa shape index (κ3) is 5.01. The van der Waals surface area contributed by atoms with Gasteiger partial charge in [0, 0.05) is 19.2 Å². The first-order chi connectivity index (χ1) is 18.5. The van der Waals surface area contributed by atoms with E-state index >= 15 is 0 Å². The van der Waals surface area contributed by atoms with Crippen molar-refractivity contribution in [3.63, 3.8) is 0 Å². The van der Waals surface area contributed by atoms with Gasteiger partial charge in [0.15, 0.2) is 0 Å². The Bertz CT molecular complexity index is 1530. The number of aromatic nitrogens is 4. The zero-order valence-electron chi connectivity index (χ0n) is 21.1. The molecule has 5 rings (SSSR count). The number of rotatable bonds is 8. The van der Waals surface area contributed by atoms with Gasteiger partial charge in [-0.25, -0.2) is 9.78 Å². The molecule has 11 heteroatoms. The van der Waals surface area contributed by atoms with Crippen molar-refractivity contribution in [3.05, 3.63) is 71.0 Å². The van der Waals surface area contributed by atoms with Gasteiger partial charge >= 0.3 is 6.09 Å². The minimum Gasteiger partial charge on any atom is -0.489 e. The number of amides is 2. The lowest BCUT2D eigenvalue weighted by atomic mass is 10.1. The largest absolute Gasteiger partial charge is 0.489 e. The highest BCUT2D eigenvalue weighted by Gasteiger charge is 2.29. The summed E-state index contributed by atoms with van der Waals surface area (Å²) in [6.45, 7) is 5.07. The van der Waals surface area contributed by atoms with E-state index < -0.39 is 6.09 Å². The maximum atomic E-state index is 13.2. The van der Waals surface area contributed by atoms with E-state index in [-0.39, 0.29) is 25.2 Å². The van der Waals surface area contributed by atoms with Crippen LogP contribution in [0.5, 0.6) is 5.75 Å². The Labute approximate surface area is 219 Å². The molecule has 0 bridgehead atoms. The number of carbonyl (C=O) groups excluding carboxylic acids is 2. The van der Waals surface area contributed by atoms with Gasteiger partial charge in [-0.05, 0) is 38.0 Å². The summed E-state index contributed by atoms with van der Waals surface area (Å²) in [5.74, 6) is 0.518. The molecule has 2 amide bonds. The van der Waals surface area contributed by atoms with E-state index in [2.05, 4.69) is 26.8 Å². The van der Waals surface area contributed by atoms with Crippen LogP contribution in [0.1, 0.15) is 46.7 Å². The van der Waals surface area contributed by atoms with Gasteiger partial charge in [0.25, 0.3) is 5.91 Å². The van der Waals surface area contributed by atoms with E-state index in [4.69, 9.17) is 9.47 Å². The Kier molecular flexibility index (Phi) is 6.95. The number of alkyl carbamates (subject to hydrolysis) is 1. The van der Waals surface area contributed by atoms with Crippen molar-refractivity contribution in [2.24, 2.45) is 0 Å². The average Bonchev–Trinajstić information content (AvgIpc) is 3.50. The van der Waals surface area contributed by atoms with E-state index in [1.165, 1.54) is 0 Å². The molecule has 1 aliphatic rings. The van der Waals surface area contributed by atoms with Crippen LogP contribution < -0.4 is 15.4 Å². The van der Waals surface area contributed by atoms with Crippen LogP contribution in [0.25, 0.3) is 11.0 Å². The maximum Gasteiger partial charge on any atom is 0.407 e. The quantitative estimate of drug-likeness (QED) is 0.364. The normalized spacial score (nSPS) is 14.0. The van der Waals surface area contributed by atoms with Gasteiger partial charge in [-0.15, -0.1) is 0 Å². The van der Waals surface area contributed by atoms with Crippen molar-refractivity contribution in [2.45, 2.75) is 39.5 Å². The highest BCUT2D eigenvalue weighted by molar-refractivity contribution is 6.03. The lowest BCUT2D eigenvalue weighted by Crippen LogP contribution is -2.31. The van der Waals surface area contributed by atoms with Crippen LogP contribution >= 0.6 is 0 Å². The summed E-state index contributed by atoms with van der Waals surface area (Å²) in [4.78, 5) is 30.0. The van der Waals surface area contributed by atoms with Gasteiger partial charge in [-0.1, -0.05) is 30.3 Å². The van der Waals surface area contributed by atoms with Gasteiger partial charge in [-0.3, -0.25) is 14.8 Å². The number of nitrogens with zero attached hydrogens (tertiary/aromatic N) is 5. The summed E-state index contributed by atoms with van der Waals surface area (Å²) in [5, 5.41) is 19.5. The maximum absolute atomic E-state index is 13.2. The Morgan fingerprint density at radius 2 is 2.05 bits per heavy atom. The summed E-state index contributed by atoms with van der Waals surface area (Å²) in [5.41, 5.74) is 3.70. The van der Waals surface area contributed by atoms with Crippen molar-refractivity contribution in [1.29, 1.82) is 5.26 Å². The van der Waals surface area contributed by atoms with Crippen molar-refractivity contribution in [3.8, 4) is 11.8 Å². The molecule has 2 aromatic heterocycles. The number of imidazole rings is 1. The number of nitrogens with one attached hydrogen (secondary N) is 2. The van der Waals surface area contributed by atoms with E-state index in [9.17, 15) is 14.9 Å². The predicted molar refractivity (Wildman–Crippen MR) is 139 cm³/mol. The number of hydrogen-bond donors (Lipinski definition) is 2. The fourth-order valence-corrected chi connectivity index (χ4v) is 4.54. The summed E-state index contributed by atoms with van der Waals surface area (Å²) < 4.78 is 14.8. The number of anilines is 1. The molecule has 0 spiro atoms. The lowest BCUT2D eigenvalue weighted by Gasteiger charge is -2.27. The third-order valence-corrected chi connectivity index (χ3v) is 6.30. The highest BCUT2D eigenvalue weighted by Crippen LogP contribution is 2.38. The first-order valence-corrected chi connectivity index (χ1v) is 12.4. The molecule has 0 saturated carbocycles. The molecule has 0 aliphatic carbocycles. The molecule has 4 aromatic rings. The minimum absolute atomic E-state index is 0.181. The second kappa shape index (κ2) is 10.6. The standard InChI is InChI=1S/C27H27N7O4/c1-3-33-22(11-17(2)32-33)25(35)31-26-30-21-12-19(14-28)13-23-24(21)34(26)20(16-37-23)9-10-29-27(36)38-15-18-7-5-4-6-8-18/h4-8,11-13,20H,3,9-10,15-16H2,1-2H3,(H,29,36)(H,30,31,35)/t20-/m0/s1. The van der Waals surface area contributed by atoms with E-state index in [1.807, 2.05) is 48.7 Å². The molecule has 0 fully saturated rings. The van der Waals surface area contributed by atoms with Crippen molar-refractivity contribution < 1.29 is 19.1 Å². The molecular weight excluding hydrogens is 486 g/mol. The summed E-state index contributed by atoms with van der Waals surface area (Å²) in [6.07, 6.45) is -0.0163. The van der Waals surface area contributed by atoms with E-state index in [0.29, 0.717) is 53.5 Å². The molecule has 2 aromatic carbocycles. The molecule has 3 heterocycles. The summed E-state index contributed by atoms with van der Waals surface area (Å²) in [6, 6.07) is 16.4. The number of nitriles is 1. The highest BCUT2D eigenvalue weighted by atomic mass is 16.5. The second-order valence-electron chi connectivity index (χ2n) is 8.94. The number of carbonyl (C=O) groups is 2. The first-order valence-electron chi connectivity index (χ1n) is 12.4. The Morgan fingerprint density at radius 3 is 2.82 bits per heavy atom. The second-order valence-corrected chi connectivity index (χ2v) is 8.94. The van der Waals surface area contributed by atoms with Crippen LogP contribution in [0, 0.1) is 18.3 Å². The molecular formula is C27H27N7O4. The number of aryl methyl sites for hydroxylation is 2. The average molecular weight is 514 g/mol. The predicted octanol–water partition coefficient (Wildman–Crippen LogP) is 3.94. The zero-order chi connectivity index (χ0) is 26.6. The van der Waals surface area contributed by atoms with Crippen molar-refractivity contribution in [2.75, 3.05) is 18.5 Å². The lowest BCUT2D eigenvalue weighted by molar-refractivity contribution is 0.101. The van der Waals surface area contributed by atoms with Gasteiger partial charge in [0.05, 0.1) is 28.9 Å². The Balaban J connectivity index is 1.35. The van der Waals surface area contributed by atoms with Crippen molar-refractivity contribution >= 4 is 29.0 Å². The van der Waals surface area contributed by atoms with Gasteiger partial charge in [0.2, 0.25) is 5.95 Å². The van der Waals surface area contributed by atoms with Crippen LogP contribution in [-0.2, 0) is 17.9 Å². The molecule has 1 atom stereocenters. The molecule has 194 valence electrons. The SMILES string of the molecule is CCn1nc(C)cc1C(=O)Nc1nc2cc(C#N)cc3c2n1[C@@H](CCNC(=O)OCc1ccccc1)CO3. The zero-order valence-corrected chi connectivity index (χ0v) is 21.1.